The second kappa shape index (κ2) is 8.92. The van der Waals surface area contributed by atoms with Crippen LogP contribution >= 0.6 is 0 Å². The summed E-state index contributed by atoms with van der Waals surface area (Å²) in [6, 6.07) is 29.4. The van der Waals surface area contributed by atoms with E-state index in [0.29, 0.717) is 9.85 Å². The van der Waals surface area contributed by atoms with Crippen LogP contribution in [0.4, 0.5) is 0 Å². The van der Waals surface area contributed by atoms with Crippen molar-refractivity contribution in [1.82, 2.24) is 0 Å². The van der Waals surface area contributed by atoms with Crippen LogP contribution < -0.4 is 7.16 Å². The first-order chi connectivity index (χ1) is 13.4. The van der Waals surface area contributed by atoms with Crippen LogP contribution in [0.1, 0.15) is 26.5 Å². The molecule has 2 aliphatic rings. The first-order valence-corrected chi connectivity index (χ1v) is 14.1. The van der Waals surface area contributed by atoms with Crippen molar-refractivity contribution in [1.29, 1.82) is 0 Å². The zero-order valence-corrected chi connectivity index (χ0v) is 22.1. The van der Waals surface area contributed by atoms with E-state index < -0.39 is 19.8 Å². The van der Waals surface area contributed by atoms with E-state index in [1.807, 2.05) is 0 Å². The van der Waals surface area contributed by atoms with Gasteiger partial charge in [-0.15, -0.1) is 0 Å². The number of rotatable bonds is 4. The molecule has 28 heavy (non-hydrogen) atoms. The number of hydrogen-bond acceptors (Lipinski definition) is 0. The molecular weight excluding hydrogens is 609 g/mol. The minimum atomic E-state index is -2.24. The van der Waals surface area contributed by atoms with Gasteiger partial charge in [-0.3, -0.25) is 0 Å². The largest absolute Gasteiger partial charge is 0 e. The van der Waals surface area contributed by atoms with Gasteiger partial charge in [-0.25, -0.2) is 0 Å². The molecule has 0 spiro atoms. The minimum absolute atomic E-state index is 0. The number of benzene rings is 3. The molecule has 0 aromatic heterocycles. The van der Waals surface area contributed by atoms with Crippen molar-refractivity contribution < 1.29 is 25.8 Å². The van der Waals surface area contributed by atoms with E-state index in [1.54, 1.807) is 7.16 Å². The molecule has 1 unspecified atom stereocenters. The van der Waals surface area contributed by atoms with E-state index in [2.05, 4.69) is 115 Å². The standard InChI is InChI=1S/C11H9.C9H7.C6H5.Hf.Sn/c1-2-6-10(7-3-1)11-8-4-5-9-11;1-2-5-9-7-3-6-8(9)4-1;1-2-4-6-5-3-1;;/h1-6,8-9,11H;1-7H;1-5H;;. The Morgan fingerprint density at radius 3 is 2.04 bits per heavy atom. The Balaban J connectivity index is 0.00000192. The summed E-state index contributed by atoms with van der Waals surface area (Å²) < 4.78 is 3.75. The van der Waals surface area contributed by atoms with Crippen LogP contribution in [0.25, 0.3) is 6.08 Å². The summed E-state index contributed by atoms with van der Waals surface area (Å²) in [6.07, 6.45) is 13.8. The summed E-state index contributed by atoms with van der Waals surface area (Å²) in [6.45, 7) is 0. The Bertz CT molecular complexity index is 1040. The molecule has 0 nitrogen and oxygen atoms in total. The topological polar surface area (TPSA) is 0 Å². The quantitative estimate of drug-likeness (QED) is 0.362. The molecule has 0 saturated carbocycles. The van der Waals surface area contributed by atoms with E-state index in [9.17, 15) is 0 Å². The summed E-state index contributed by atoms with van der Waals surface area (Å²) in [5, 5.41) is 0. The summed E-state index contributed by atoms with van der Waals surface area (Å²) in [5.41, 5.74) is 4.41. The van der Waals surface area contributed by atoms with Gasteiger partial charge in [0.25, 0.3) is 0 Å². The molecule has 1 radical (unpaired) electrons. The molecule has 1 atom stereocenters. The fourth-order valence-corrected chi connectivity index (χ4v) is 13.6. The molecular formula is C26H21HfSn. The van der Waals surface area contributed by atoms with Crippen LogP contribution in [0.5, 0.6) is 0 Å². The molecule has 0 saturated heterocycles. The summed E-state index contributed by atoms with van der Waals surface area (Å²) >= 11 is -2.24. The first-order valence-electron chi connectivity index (χ1n) is 9.55. The monoisotopic (exact) mass is 633 g/mol. The molecule has 0 N–H and O–H groups in total. The van der Waals surface area contributed by atoms with Gasteiger partial charge in [0.05, 0.1) is 0 Å². The van der Waals surface area contributed by atoms with Crippen molar-refractivity contribution in [3.05, 3.63) is 126 Å². The smallest absolute Gasteiger partial charge is 0 e. The Morgan fingerprint density at radius 1 is 0.607 bits per heavy atom. The van der Waals surface area contributed by atoms with Crippen molar-refractivity contribution in [2.24, 2.45) is 0 Å². The summed E-state index contributed by atoms with van der Waals surface area (Å²) in [7, 11) is 0. The number of fused-ring (bicyclic) bond motifs is 1. The van der Waals surface area contributed by atoms with Gasteiger partial charge >= 0.3 is 169 Å². The molecule has 0 aliphatic heterocycles. The van der Waals surface area contributed by atoms with E-state index in [4.69, 9.17) is 0 Å². The van der Waals surface area contributed by atoms with Gasteiger partial charge in [0.1, 0.15) is 0 Å². The van der Waals surface area contributed by atoms with Crippen LogP contribution in [0.3, 0.4) is 0 Å². The average molecular weight is 631 g/mol. The molecule has 3 aromatic carbocycles. The van der Waals surface area contributed by atoms with Crippen LogP contribution in [0.2, 0.25) is 0 Å². The Kier molecular flexibility index (Phi) is 6.32. The van der Waals surface area contributed by atoms with E-state index >= 15 is 0 Å². The number of allylic oxidation sites excluding steroid dienone is 5. The third-order valence-electron chi connectivity index (χ3n) is 5.55. The van der Waals surface area contributed by atoms with Crippen molar-refractivity contribution in [3.8, 4) is 0 Å². The van der Waals surface area contributed by atoms with Crippen LogP contribution in [0, 0.1) is 0 Å². The fraction of sp³-hybridized carbons (Fsp3) is 0.0769. The molecule has 0 fully saturated rings. The van der Waals surface area contributed by atoms with Crippen molar-refractivity contribution in [3.63, 3.8) is 0 Å². The van der Waals surface area contributed by atoms with Gasteiger partial charge in [-0.05, 0) is 0 Å². The maximum atomic E-state index is 2.48. The van der Waals surface area contributed by atoms with E-state index in [1.165, 1.54) is 16.7 Å². The zero-order valence-electron chi connectivity index (χ0n) is 15.6. The molecule has 0 bridgehead atoms. The molecule has 2 aliphatic carbocycles. The molecule has 0 heterocycles. The molecule has 3 aromatic rings. The predicted molar refractivity (Wildman–Crippen MR) is 117 cm³/mol. The normalized spacial score (nSPS) is 17.1. The van der Waals surface area contributed by atoms with Gasteiger partial charge in [-0.1, -0.05) is 0 Å². The molecule has 0 amide bonds. The van der Waals surface area contributed by atoms with Gasteiger partial charge in [-0.2, -0.15) is 0 Å². The summed E-state index contributed by atoms with van der Waals surface area (Å²) in [4.78, 5) is 0. The van der Waals surface area contributed by atoms with Crippen LogP contribution in [-0.4, -0.2) is 19.8 Å². The SMILES string of the molecule is C1=CC(c2cccc[c]2[Sn]([c]2ccccc2)[CH]2C=Cc3ccccc32)C=C1.[Hf]. The van der Waals surface area contributed by atoms with Gasteiger partial charge in [0.2, 0.25) is 0 Å². The second-order valence-electron chi connectivity index (χ2n) is 7.13. The van der Waals surface area contributed by atoms with Gasteiger partial charge < -0.3 is 0 Å². The Hall–Kier alpha value is -1.45. The third-order valence-corrected chi connectivity index (χ3v) is 14.4. The van der Waals surface area contributed by atoms with Gasteiger partial charge in [0, 0.05) is 25.8 Å². The predicted octanol–water partition coefficient (Wildman–Crippen LogP) is 4.85. The van der Waals surface area contributed by atoms with Gasteiger partial charge in [0.15, 0.2) is 0 Å². The Labute approximate surface area is 193 Å². The first kappa shape index (κ1) is 19.8. The number of hydrogen-bond donors (Lipinski definition) is 0. The second-order valence-corrected chi connectivity index (χ2v) is 14.5. The molecule has 2 heteroatoms. The molecule has 5 rings (SSSR count). The van der Waals surface area contributed by atoms with Crippen molar-refractivity contribution in [2.45, 2.75) is 9.85 Å². The maximum Gasteiger partial charge on any atom is 0 e. The minimum Gasteiger partial charge on any atom is 0 e. The maximum absolute atomic E-state index is 2.48. The van der Waals surface area contributed by atoms with Crippen molar-refractivity contribution >= 4 is 33.0 Å². The zero-order chi connectivity index (χ0) is 18.1. The van der Waals surface area contributed by atoms with E-state index in [0.717, 1.165) is 0 Å². The van der Waals surface area contributed by atoms with E-state index in [-0.39, 0.29) is 25.8 Å². The fourth-order valence-electron chi connectivity index (χ4n) is 4.29. The Morgan fingerprint density at radius 2 is 1.25 bits per heavy atom. The molecule has 133 valence electrons. The van der Waals surface area contributed by atoms with Crippen molar-refractivity contribution in [2.75, 3.05) is 0 Å². The van der Waals surface area contributed by atoms with Crippen LogP contribution in [0.15, 0.2) is 109 Å². The summed E-state index contributed by atoms with van der Waals surface area (Å²) in [5.74, 6) is 0.418. The third kappa shape index (κ3) is 3.71. The average Bonchev–Trinajstić information content (AvgIpc) is 3.40. The van der Waals surface area contributed by atoms with Crippen LogP contribution in [-0.2, 0) is 25.8 Å².